The van der Waals surface area contributed by atoms with E-state index < -0.39 is 0 Å². The fourth-order valence-corrected chi connectivity index (χ4v) is 3.03. The highest BCUT2D eigenvalue weighted by Crippen LogP contribution is 2.15. The lowest BCUT2D eigenvalue weighted by atomic mass is 10.0. The van der Waals surface area contributed by atoms with Gasteiger partial charge in [-0.2, -0.15) is 0 Å². The fraction of sp³-hybridized carbons (Fsp3) is 0.952. The van der Waals surface area contributed by atoms with Crippen LogP contribution in [0.2, 0.25) is 0 Å². The minimum Gasteiger partial charge on any atom is -0.462 e. The van der Waals surface area contributed by atoms with Crippen LogP contribution in [-0.2, 0) is 9.53 Å². The van der Waals surface area contributed by atoms with Crippen LogP contribution in [0.15, 0.2) is 0 Å². The molecule has 0 radical (unpaired) electrons. The van der Waals surface area contributed by atoms with Gasteiger partial charge >= 0.3 is 5.97 Å². The molecule has 138 valence electrons. The summed E-state index contributed by atoms with van der Waals surface area (Å²) in [5.41, 5.74) is 0. The minimum absolute atomic E-state index is 0.0323. The summed E-state index contributed by atoms with van der Waals surface area (Å²) in [6.07, 6.45) is 19.1. The predicted molar refractivity (Wildman–Crippen MR) is 101 cm³/mol. The third-order valence-electron chi connectivity index (χ3n) is 4.52. The molecule has 2 nitrogen and oxygen atoms in total. The Balaban J connectivity index is 3.68. The van der Waals surface area contributed by atoms with E-state index in [0.29, 0.717) is 6.42 Å². The second-order valence-electron chi connectivity index (χ2n) is 6.97. The van der Waals surface area contributed by atoms with Crippen LogP contribution in [0.1, 0.15) is 124 Å². The molecule has 0 N–H and O–H groups in total. The molecule has 0 aromatic heterocycles. The van der Waals surface area contributed by atoms with Crippen molar-refractivity contribution in [1.82, 2.24) is 0 Å². The maximum atomic E-state index is 12.0. The molecule has 0 fully saturated rings. The van der Waals surface area contributed by atoms with Gasteiger partial charge in [0.15, 0.2) is 0 Å². The molecule has 0 rings (SSSR count). The number of ether oxygens (including phenoxy) is 1. The molecule has 0 amide bonds. The van der Waals surface area contributed by atoms with Gasteiger partial charge in [0.25, 0.3) is 0 Å². The molecule has 0 bridgehead atoms. The molecular weight excluding hydrogens is 284 g/mol. The quantitative estimate of drug-likeness (QED) is 0.209. The largest absolute Gasteiger partial charge is 0.462 e. The second-order valence-corrected chi connectivity index (χ2v) is 6.97. The summed E-state index contributed by atoms with van der Waals surface area (Å²) in [6, 6.07) is 0. The first-order chi connectivity index (χ1) is 11.2. The van der Waals surface area contributed by atoms with Crippen molar-refractivity contribution in [3.63, 3.8) is 0 Å². The number of hydrogen-bond donors (Lipinski definition) is 0. The van der Waals surface area contributed by atoms with Crippen LogP contribution in [0.25, 0.3) is 0 Å². The highest BCUT2D eigenvalue weighted by Gasteiger charge is 2.13. The third kappa shape index (κ3) is 16.1. The minimum atomic E-state index is 0.0323. The second kappa shape index (κ2) is 17.8. The van der Waals surface area contributed by atoms with Crippen LogP contribution in [-0.4, -0.2) is 12.1 Å². The summed E-state index contributed by atoms with van der Waals surface area (Å²) < 4.78 is 5.71. The van der Waals surface area contributed by atoms with Gasteiger partial charge in [-0.25, -0.2) is 0 Å². The molecule has 0 aliphatic rings. The highest BCUT2D eigenvalue weighted by molar-refractivity contribution is 5.69. The van der Waals surface area contributed by atoms with Crippen LogP contribution in [0.4, 0.5) is 0 Å². The van der Waals surface area contributed by atoms with Crippen molar-refractivity contribution < 1.29 is 9.53 Å². The van der Waals surface area contributed by atoms with Gasteiger partial charge in [0.05, 0.1) is 0 Å². The number of esters is 1. The molecule has 0 saturated heterocycles. The SMILES string of the molecule is CCCCCCCCC(=O)OC(CCC)CCCCCCCC. The summed E-state index contributed by atoms with van der Waals surface area (Å²) in [5.74, 6) is 0.0323. The van der Waals surface area contributed by atoms with Crippen molar-refractivity contribution in [1.29, 1.82) is 0 Å². The Morgan fingerprint density at radius 1 is 0.652 bits per heavy atom. The summed E-state index contributed by atoms with van der Waals surface area (Å²) in [5, 5.41) is 0. The zero-order chi connectivity index (χ0) is 17.2. The lowest BCUT2D eigenvalue weighted by Crippen LogP contribution is -2.18. The summed E-state index contributed by atoms with van der Waals surface area (Å²) in [6.45, 7) is 6.66. The van der Waals surface area contributed by atoms with Crippen molar-refractivity contribution in [2.24, 2.45) is 0 Å². The first kappa shape index (κ1) is 22.5. The van der Waals surface area contributed by atoms with E-state index in [2.05, 4.69) is 20.8 Å². The van der Waals surface area contributed by atoms with E-state index in [-0.39, 0.29) is 12.1 Å². The smallest absolute Gasteiger partial charge is 0.306 e. The molecule has 0 aromatic carbocycles. The maximum Gasteiger partial charge on any atom is 0.306 e. The van der Waals surface area contributed by atoms with Crippen LogP contribution >= 0.6 is 0 Å². The van der Waals surface area contributed by atoms with E-state index in [1.54, 1.807) is 0 Å². The van der Waals surface area contributed by atoms with Crippen molar-refractivity contribution in [2.45, 2.75) is 130 Å². The average Bonchev–Trinajstić information content (AvgIpc) is 2.54. The Bertz CT molecular complexity index is 250. The van der Waals surface area contributed by atoms with Gasteiger partial charge in [-0.05, 0) is 25.7 Å². The monoisotopic (exact) mass is 326 g/mol. The topological polar surface area (TPSA) is 26.3 Å². The maximum absolute atomic E-state index is 12.0. The van der Waals surface area contributed by atoms with Crippen LogP contribution in [0.5, 0.6) is 0 Å². The van der Waals surface area contributed by atoms with E-state index in [1.807, 2.05) is 0 Å². The zero-order valence-electron chi connectivity index (χ0n) is 16.2. The van der Waals surface area contributed by atoms with Gasteiger partial charge in [0.2, 0.25) is 0 Å². The van der Waals surface area contributed by atoms with E-state index >= 15 is 0 Å². The van der Waals surface area contributed by atoms with Gasteiger partial charge < -0.3 is 4.74 Å². The van der Waals surface area contributed by atoms with Crippen molar-refractivity contribution in [3.05, 3.63) is 0 Å². The summed E-state index contributed by atoms with van der Waals surface area (Å²) >= 11 is 0. The van der Waals surface area contributed by atoms with E-state index in [9.17, 15) is 4.79 Å². The van der Waals surface area contributed by atoms with E-state index in [4.69, 9.17) is 4.74 Å². The van der Waals surface area contributed by atoms with Gasteiger partial charge in [-0.3, -0.25) is 4.79 Å². The Morgan fingerprint density at radius 3 is 1.74 bits per heavy atom. The van der Waals surface area contributed by atoms with E-state index in [1.165, 1.54) is 70.6 Å². The molecule has 0 saturated carbocycles. The Morgan fingerprint density at radius 2 is 1.17 bits per heavy atom. The Hall–Kier alpha value is -0.530. The lowest BCUT2D eigenvalue weighted by Gasteiger charge is -2.17. The first-order valence-electron chi connectivity index (χ1n) is 10.4. The molecule has 0 aliphatic heterocycles. The molecule has 1 atom stereocenters. The normalized spacial score (nSPS) is 12.3. The summed E-state index contributed by atoms with van der Waals surface area (Å²) in [4.78, 5) is 12.0. The molecule has 0 spiro atoms. The third-order valence-corrected chi connectivity index (χ3v) is 4.52. The molecule has 1 unspecified atom stereocenters. The fourth-order valence-electron chi connectivity index (χ4n) is 3.03. The summed E-state index contributed by atoms with van der Waals surface area (Å²) in [7, 11) is 0. The molecule has 0 heterocycles. The van der Waals surface area contributed by atoms with Crippen LogP contribution in [0.3, 0.4) is 0 Å². The van der Waals surface area contributed by atoms with Crippen LogP contribution in [0, 0.1) is 0 Å². The first-order valence-corrected chi connectivity index (χ1v) is 10.4. The average molecular weight is 327 g/mol. The molecular formula is C21H42O2. The van der Waals surface area contributed by atoms with Crippen molar-refractivity contribution >= 4 is 5.97 Å². The van der Waals surface area contributed by atoms with Gasteiger partial charge in [0.1, 0.15) is 6.10 Å². The molecule has 0 aromatic rings. The standard InChI is InChI=1S/C21H42O2/c1-4-7-9-11-13-15-18-20(17-6-3)23-21(22)19-16-14-12-10-8-5-2/h20H,4-19H2,1-3H3. The Labute approximate surface area is 145 Å². The predicted octanol–water partition coefficient (Wildman–Crippen LogP) is 7.20. The van der Waals surface area contributed by atoms with Gasteiger partial charge in [-0.15, -0.1) is 0 Å². The van der Waals surface area contributed by atoms with E-state index in [0.717, 1.165) is 25.7 Å². The highest BCUT2D eigenvalue weighted by atomic mass is 16.5. The molecule has 2 heteroatoms. The van der Waals surface area contributed by atoms with Crippen LogP contribution < -0.4 is 0 Å². The molecule has 0 aliphatic carbocycles. The van der Waals surface area contributed by atoms with Gasteiger partial charge in [0, 0.05) is 6.42 Å². The molecule has 23 heavy (non-hydrogen) atoms. The number of hydrogen-bond acceptors (Lipinski definition) is 2. The van der Waals surface area contributed by atoms with Crippen molar-refractivity contribution in [2.75, 3.05) is 0 Å². The Kier molecular flexibility index (Phi) is 17.4. The zero-order valence-corrected chi connectivity index (χ0v) is 16.2. The van der Waals surface area contributed by atoms with Crippen molar-refractivity contribution in [3.8, 4) is 0 Å². The van der Waals surface area contributed by atoms with Gasteiger partial charge in [-0.1, -0.05) is 91.4 Å². The number of carbonyl (C=O) groups is 1. The number of carbonyl (C=O) groups excluding carboxylic acids is 1. The number of rotatable bonds is 17. The lowest BCUT2D eigenvalue weighted by molar-refractivity contribution is -0.150. The number of unbranched alkanes of at least 4 members (excludes halogenated alkanes) is 10.